The molecule has 2 heterocycles. The highest BCUT2D eigenvalue weighted by molar-refractivity contribution is 7.22. The zero-order chi connectivity index (χ0) is 27.7. The zero-order valence-electron chi connectivity index (χ0n) is 22.4. The van der Waals surface area contributed by atoms with Crippen molar-refractivity contribution in [1.82, 2.24) is 4.98 Å². The first kappa shape index (κ1) is 26.4. The third kappa shape index (κ3) is 5.00. The van der Waals surface area contributed by atoms with Gasteiger partial charge in [0.2, 0.25) is 0 Å². The van der Waals surface area contributed by atoms with Crippen molar-refractivity contribution in [3.63, 3.8) is 0 Å². The Bertz CT molecular complexity index is 1590. The Morgan fingerprint density at radius 1 is 1.00 bits per heavy atom. The number of aliphatic hydroxyl groups is 1. The van der Waals surface area contributed by atoms with Crippen LogP contribution in [0.25, 0.3) is 16.0 Å². The van der Waals surface area contributed by atoms with Gasteiger partial charge < -0.3 is 14.6 Å². The molecule has 1 fully saturated rings. The smallest absolute Gasteiger partial charge is 0.301 e. The van der Waals surface area contributed by atoms with Crippen molar-refractivity contribution in [1.29, 1.82) is 0 Å². The number of anilines is 1. The summed E-state index contributed by atoms with van der Waals surface area (Å²) in [6, 6.07) is 17.3. The summed E-state index contributed by atoms with van der Waals surface area (Å²) < 4.78 is 12.3. The Morgan fingerprint density at radius 3 is 2.49 bits per heavy atom. The van der Waals surface area contributed by atoms with Gasteiger partial charge in [-0.05, 0) is 74.2 Å². The van der Waals surface area contributed by atoms with Gasteiger partial charge in [-0.15, -0.1) is 0 Å². The van der Waals surface area contributed by atoms with E-state index in [1.165, 1.54) is 16.2 Å². The number of hydrogen-bond acceptors (Lipinski definition) is 7. The highest BCUT2D eigenvalue weighted by Crippen LogP contribution is 2.45. The summed E-state index contributed by atoms with van der Waals surface area (Å²) in [4.78, 5) is 33.3. The summed E-state index contributed by atoms with van der Waals surface area (Å²) in [7, 11) is 0. The largest absolute Gasteiger partial charge is 0.507 e. The lowest BCUT2D eigenvalue weighted by atomic mass is 9.95. The SMILES string of the molecule is CCCOc1ccc(C2C(=C(O)c3cccc(OCC)c3)C(=O)C(=O)N2c2nc3c(C)cc(C)cc3s2)cc1. The highest BCUT2D eigenvalue weighted by Gasteiger charge is 2.48. The number of rotatable bonds is 8. The second-order valence-corrected chi connectivity index (χ2v) is 10.5. The lowest BCUT2D eigenvalue weighted by molar-refractivity contribution is -0.132. The molecule has 39 heavy (non-hydrogen) atoms. The van der Waals surface area contributed by atoms with Gasteiger partial charge in [-0.3, -0.25) is 14.5 Å². The summed E-state index contributed by atoms with van der Waals surface area (Å²) in [6.45, 7) is 8.92. The Hall–Kier alpha value is -4.17. The normalized spacial score (nSPS) is 16.7. The van der Waals surface area contributed by atoms with Crippen molar-refractivity contribution in [2.45, 2.75) is 40.2 Å². The number of ether oxygens (including phenoxy) is 2. The van der Waals surface area contributed by atoms with Crippen LogP contribution in [0.5, 0.6) is 11.5 Å². The summed E-state index contributed by atoms with van der Waals surface area (Å²) in [5.74, 6) is -0.517. The lowest BCUT2D eigenvalue weighted by Crippen LogP contribution is -2.29. The van der Waals surface area contributed by atoms with Gasteiger partial charge in [0.25, 0.3) is 5.78 Å². The average Bonchev–Trinajstić information content (AvgIpc) is 3.46. The molecular weight excluding hydrogens is 512 g/mol. The van der Waals surface area contributed by atoms with E-state index in [0.717, 1.165) is 27.8 Å². The van der Waals surface area contributed by atoms with E-state index in [1.54, 1.807) is 24.3 Å². The van der Waals surface area contributed by atoms with Crippen LogP contribution in [0.4, 0.5) is 5.13 Å². The Labute approximate surface area is 231 Å². The second-order valence-electron chi connectivity index (χ2n) is 9.47. The Balaban J connectivity index is 1.68. The first-order valence-electron chi connectivity index (χ1n) is 13.0. The number of amides is 1. The first-order valence-corrected chi connectivity index (χ1v) is 13.8. The molecule has 1 unspecified atom stereocenters. The van der Waals surface area contributed by atoms with Crippen LogP contribution in [-0.2, 0) is 9.59 Å². The number of fused-ring (bicyclic) bond motifs is 1. The minimum absolute atomic E-state index is 0.00281. The van der Waals surface area contributed by atoms with E-state index in [-0.39, 0.29) is 11.3 Å². The van der Waals surface area contributed by atoms with Crippen molar-refractivity contribution >= 4 is 44.1 Å². The number of aliphatic hydroxyl groups excluding tert-OH is 1. The molecule has 0 spiro atoms. The number of thiazole rings is 1. The van der Waals surface area contributed by atoms with Crippen LogP contribution in [0, 0.1) is 13.8 Å². The molecule has 1 amide bonds. The third-order valence-corrected chi connectivity index (χ3v) is 7.56. The van der Waals surface area contributed by atoms with E-state index in [1.807, 2.05) is 64.1 Å². The van der Waals surface area contributed by atoms with Crippen LogP contribution in [0.2, 0.25) is 0 Å². The molecule has 1 aliphatic rings. The predicted octanol–water partition coefficient (Wildman–Crippen LogP) is 6.73. The molecule has 1 aromatic heterocycles. The number of benzene rings is 3. The standard InChI is InChI=1S/C31H30N2O5S/c1-5-14-38-22-12-10-20(11-13-22)27-25(28(34)21-8-7-9-23(17-21)37-6-2)29(35)30(36)33(27)31-32-26-19(4)15-18(3)16-24(26)39-31/h7-13,15-17,27,34H,5-6,14H2,1-4H3. The number of hydrogen-bond donors (Lipinski definition) is 1. The van der Waals surface area contributed by atoms with Gasteiger partial charge in [0.05, 0.1) is 35.0 Å². The molecule has 4 aromatic rings. The van der Waals surface area contributed by atoms with Gasteiger partial charge in [0.1, 0.15) is 17.3 Å². The van der Waals surface area contributed by atoms with Gasteiger partial charge in [-0.1, -0.05) is 48.6 Å². The molecule has 1 aliphatic heterocycles. The minimum atomic E-state index is -0.872. The summed E-state index contributed by atoms with van der Waals surface area (Å²) in [6.07, 6.45) is 0.874. The van der Waals surface area contributed by atoms with Crippen LogP contribution in [0.3, 0.4) is 0 Å². The molecule has 1 saturated heterocycles. The number of nitrogens with zero attached hydrogens (tertiary/aromatic N) is 2. The number of Topliss-reactive ketones (excluding diaryl/α,β-unsaturated/α-hetero) is 1. The van der Waals surface area contributed by atoms with Gasteiger partial charge in [-0.25, -0.2) is 4.98 Å². The molecule has 5 rings (SSSR count). The topological polar surface area (TPSA) is 89.0 Å². The van der Waals surface area contributed by atoms with Crippen molar-refractivity contribution in [2.24, 2.45) is 0 Å². The van der Waals surface area contributed by atoms with Crippen LogP contribution in [-0.4, -0.2) is 35.0 Å². The fourth-order valence-electron chi connectivity index (χ4n) is 4.83. The van der Waals surface area contributed by atoms with Crippen LogP contribution in [0.15, 0.2) is 66.2 Å². The Kier molecular flexibility index (Phi) is 7.39. The lowest BCUT2D eigenvalue weighted by Gasteiger charge is -2.23. The van der Waals surface area contributed by atoms with Gasteiger partial charge >= 0.3 is 5.91 Å². The summed E-state index contributed by atoms with van der Waals surface area (Å²) >= 11 is 1.35. The van der Waals surface area contributed by atoms with E-state index in [2.05, 4.69) is 0 Å². The monoisotopic (exact) mass is 542 g/mol. The quantitative estimate of drug-likeness (QED) is 0.151. The highest BCUT2D eigenvalue weighted by atomic mass is 32.1. The maximum Gasteiger partial charge on any atom is 0.301 e. The van der Waals surface area contributed by atoms with Gasteiger partial charge in [0.15, 0.2) is 5.13 Å². The molecule has 0 saturated carbocycles. The van der Waals surface area contributed by atoms with Crippen LogP contribution in [0.1, 0.15) is 48.6 Å². The number of ketones is 1. The zero-order valence-corrected chi connectivity index (χ0v) is 23.2. The summed E-state index contributed by atoms with van der Waals surface area (Å²) in [5.41, 5.74) is 3.92. The number of aromatic nitrogens is 1. The van der Waals surface area contributed by atoms with E-state index in [0.29, 0.717) is 41.0 Å². The molecule has 7 nitrogen and oxygen atoms in total. The van der Waals surface area contributed by atoms with Crippen molar-refractivity contribution in [3.05, 3.63) is 88.5 Å². The maximum absolute atomic E-state index is 13.6. The number of aryl methyl sites for hydroxylation is 2. The number of carbonyl (C=O) groups is 2. The molecule has 0 radical (unpaired) electrons. The molecule has 8 heteroatoms. The fraction of sp³-hybridized carbons (Fsp3) is 0.258. The maximum atomic E-state index is 13.6. The molecule has 1 N–H and O–H groups in total. The number of carbonyl (C=O) groups excluding carboxylic acids is 2. The van der Waals surface area contributed by atoms with Crippen molar-refractivity contribution < 1.29 is 24.2 Å². The van der Waals surface area contributed by atoms with E-state index in [4.69, 9.17) is 14.5 Å². The average molecular weight is 543 g/mol. The second kappa shape index (κ2) is 10.9. The molecule has 0 bridgehead atoms. The molecular formula is C31H30N2O5S. The van der Waals surface area contributed by atoms with Crippen LogP contribution >= 0.6 is 11.3 Å². The van der Waals surface area contributed by atoms with E-state index < -0.39 is 17.7 Å². The van der Waals surface area contributed by atoms with E-state index >= 15 is 0 Å². The summed E-state index contributed by atoms with van der Waals surface area (Å²) in [5, 5.41) is 11.9. The first-order chi connectivity index (χ1) is 18.8. The van der Waals surface area contributed by atoms with E-state index in [9.17, 15) is 14.7 Å². The predicted molar refractivity (Wildman–Crippen MR) is 154 cm³/mol. The van der Waals surface area contributed by atoms with Gasteiger partial charge in [-0.2, -0.15) is 0 Å². The van der Waals surface area contributed by atoms with Crippen molar-refractivity contribution in [2.75, 3.05) is 18.1 Å². The molecule has 0 aliphatic carbocycles. The van der Waals surface area contributed by atoms with Crippen LogP contribution < -0.4 is 14.4 Å². The molecule has 3 aromatic carbocycles. The third-order valence-electron chi connectivity index (χ3n) is 6.56. The Morgan fingerprint density at radius 2 is 1.77 bits per heavy atom. The minimum Gasteiger partial charge on any atom is -0.507 e. The molecule has 200 valence electrons. The fourth-order valence-corrected chi connectivity index (χ4v) is 6.00. The van der Waals surface area contributed by atoms with Gasteiger partial charge in [0, 0.05) is 5.56 Å². The molecule has 1 atom stereocenters. The van der Waals surface area contributed by atoms with Crippen molar-refractivity contribution in [3.8, 4) is 11.5 Å².